The molecule has 0 amide bonds. The minimum atomic E-state index is -0.706. The second-order valence-electron chi connectivity index (χ2n) is 11.0. The van der Waals surface area contributed by atoms with E-state index in [1.165, 1.54) is 0 Å². The lowest BCUT2D eigenvalue weighted by atomic mass is 9.41. The van der Waals surface area contributed by atoms with Gasteiger partial charge in [-0.15, -0.1) is 0 Å². The van der Waals surface area contributed by atoms with Crippen LogP contribution >= 0.6 is 0 Å². The number of oxime groups is 1. The summed E-state index contributed by atoms with van der Waals surface area (Å²) in [5, 5.41) is 19.7. The van der Waals surface area contributed by atoms with Gasteiger partial charge in [0, 0.05) is 36.8 Å². The average molecular weight is 389 g/mol. The van der Waals surface area contributed by atoms with Crippen LogP contribution in [0, 0.1) is 34.5 Å². The number of fused-ring (bicyclic) bond motifs is 5. The van der Waals surface area contributed by atoms with Gasteiger partial charge >= 0.3 is 0 Å². The predicted molar refractivity (Wildman–Crippen MR) is 108 cm³/mol. The molecule has 1 heterocycles. The Morgan fingerprint density at radius 2 is 1.93 bits per heavy atom. The molecule has 4 saturated carbocycles. The zero-order valence-electron chi connectivity index (χ0n) is 17.7. The molecular weight excluding hydrogens is 352 g/mol. The highest BCUT2D eigenvalue weighted by atomic mass is 16.6. The van der Waals surface area contributed by atoms with Crippen LogP contribution in [-0.4, -0.2) is 41.4 Å². The van der Waals surface area contributed by atoms with E-state index < -0.39 is 5.60 Å². The van der Waals surface area contributed by atoms with Gasteiger partial charge in [-0.05, 0) is 62.2 Å². The van der Waals surface area contributed by atoms with Crippen LogP contribution in [0.1, 0.15) is 72.1 Å². The molecule has 0 aromatic rings. The standard InChI is InChI=1S/C23H36N2O3/c1-14-10-17-18-4-5-20(26)21(18,2)8-7-19(17)22(3)9-6-15(11-23(14,22)27)25-28-16-12-24-13-16/h14,16-19,24,27H,4-13H2,1-3H3/t14-,17-,18-,19-,21-,22+,23-/m0/s1. The molecule has 0 aromatic heterocycles. The molecular formula is C23H36N2O3. The molecule has 5 nitrogen and oxygen atoms in total. The van der Waals surface area contributed by atoms with Gasteiger partial charge in [0.15, 0.2) is 6.10 Å². The van der Waals surface area contributed by atoms with Crippen LogP contribution < -0.4 is 5.32 Å². The van der Waals surface area contributed by atoms with E-state index in [-0.39, 0.29) is 22.9 Å². The number of carbonyl (C=O) groups is 1. The summed E-state index contributed by atoms with van der Waals surface area (Å²) in [6, 6.07) is 0. The Morgan fingerprint density at radius 3 is 2.64 bits per heavy atom. The average Bonchev–Trinajstić information content (AvgIpc) is 2.92. The van der Waals surface area contributed by atoms with Crippen molar-refractivity contribution >= 4 is 11.5 Å². The molecule has 5 heteroatoms. The van der Waals surface area contributed by atoms with Crippen LogP contribution in [-0.2, 0) is 9.63 Å². The van der Waals surface area contributed by atoms with E-state index in [1.54, 1.807) is 0 Å². The number of nitrogens with one attached hydrogen (secondary N) is 1. The van der Waals surface area contributed by atoms with Crippen molar-refractivity contribution < 1.29 is 14.7 Å². The number of hydrogen-bond donors (Lipinski definition) is 2. The summed E-state index contributed by atoms with van der Waals surface area (Å²) in [6.45, 7) is 8.55. The monoisotopic (exact) mass is 388 g/mol. The molecule has 0 unspecified atom stereocenters. The molecule has 0 radical (unpaired) electrons. The summed E-state index contributed by atoms with van der Waals surface area (Å²) >= 11 is 0. The summed E-state index contributed by atoms with van der Waals surface area (Å²) in [4.78, 5) is 18.3. The number of rotatable bonds is 2. The highest BCUT2D eigenvalue weighted by Crippen LogP contribution is 2.67. The molecule has 0 spiro atoms. The van der Waals surface area contributed by atoms with Crippen LogP contribution in [0.2, 0.25) is 0 Å². The van der Waals surface area contributed by atoms with E-state index in [0.29, 0.717) is 30.0 Å². The highest BCUT2D eigenvalue weighted by Gasteiger charge is 2.66. The molecule has 0 aromatic carbocycles. The molecule has 5 rings (SSSR count). The SMILES string of the molecule is C[C@H]1C[C@H]2[C@@H]3CCC(=O)[C@@]3(C)CC[C@@H]2[C@@]2(C)CCC(=NOC3CNC3)C[C@]12O. The first-order valence-corrected chi connectivity index (χ1v) is 11.5. The number of hydrogen-bond acceptors (Lipinski definition) is 5. The van der Waals surface area contributed by atoms with E-state index in [9.17, 15) is 9.90 Å². The van der Waals surface area contributed by atoms with Gasteiger partial charge in [-0.1, -0.05) is 25.9 Å². The van der Waals surface area contributed by atoms with Crippen LogP contribution in [0.15, 0.2) is 5.16 Å². The van der Waals surface area contributed by atoms with Crippen molar-refractivity contribution in [1.29, 1.82) is 0 Å². The number of nitrogens with zero attached hydrogens (tertiary/aromatic N) is 1. The predicted octanol–water partition coefficient (Wildman–Crippen LogP) is 3.30. The normalized spacial score (nSPS) is 52.6. The molecule has 5 aliphatic rings. The quantitative estimate of drug-likeness (QED) is 0.712. The summed E-state index contributed by atoms with van der Waals surface area (Å²) in [5.41, 5.74) is 0.148. The smallest absolute Gasteiger partial charge is 0.152 e. The first kappa shape index (κ1) is 19.0. The fourth-order valence-electron chi connectivity index (χ4n) is 7.81. The van der Waals surface area contributed by atoms with Crippen molar-refractivity contribution in [3.8, 4) is 0 Å². The topological polar surface area (TPSA) is 70.9 Å². The molecule has 2 N–H and O–H groups in total. The van der Waals surface area contributed by atoms with Gasteiger partial charge in [-0.25, -0.2) is 0 Å². The third kappa shape index (κ3) is 2.44. The Kier molecular flexibility index (Phi) is 4.27. The third-order valence-electron chi connectivity index (χ3n) is 9.88. The Morgan fingerprint density at radius 1 is 1.14 bits per heavy atom. The number of Topliss-reactive ketones (excluding diaryl/α,β-unsaturated/α-hetero) is 1. The summed E-state index contributed by atoms with van der Waals surface area (Å²) < 4.78 is 0. The first-order valence-electron chi connectivity index (χ1n) is 11.5. The summed E-state index contributed by atoms with van der Waals surface area (Å²) in [5.74, 6) is 2.35. The zero-order valence-corrected chi connectivity index (χ0v) is 17.7. The van der Waals surface area contributed by atoms with Gasteiger partial charge < -0.3 is 15.3 Å². The third-order valence-corrected chi connectivity index (χ3v) is 9.88. The van der Waals surface area contributed by atoms with Crippen LogP contribution in [0.25, 0.3) is 0 Å². The van der Waals surface area contributed by atoms with Crippen molar-refractivity contribution in [3.63, 3.8) is 0 Å². The largest absolute Gasteiger partial charge is 0.390 e. The lowest BCUT2D eigenvalue weighted by Crippen LogP contribution is -2.65. The van der Waals surface area contributed by atoms with Gasteiger partial charge in [0.2, 0.25) is 0 Å². The Bertz CT molecular complexity index is 704. The number of carbonyl (C=O) groups excluding carboxylic acids is 1. The van der Waals surface area contributed by atoms with Gasteiger partial charge in [-0.2, -0.15) is 0 Å². The lowest BCUT2D eigenvalue weighted by molar-refractivity contribution is -0.214. The van der Waals surface area contributed by atoms with E-state index in [2.05, 4.69) is 31.2 Å². The second-order valence-corrected chi connectivity index (χ2v) is 11.0. The van der Waals surface area contributed by atoms with Crippen molar-refractivity contribution in [3.05, 3.63) is 0 Å². The van der Waals surface area contributed by atoms with E-state index in [0.717, 1.165) is 63.7 Å². The molecule has 28 heavy (non-hydrogen) atoms. The van der Waals surface area contributed by atoms with Crippen LogP contribution in [0.5, 0.6) is 0 Å². The summed E-state index contributed by atoms with van der Waals surface area (Å²) in [7, 11) is 0. The molecule has 5 fully saturated rings. The molecule has 156 valence electrons. The maximum absolute atomic E-state index is 12.6. The molecule has 4 aliphatic carbocycles. The number of ketones is 1. The maximum atomic E-state index is 12.6. The second kappa shape index (κ2) is 6.28. The summed E-state index contributed by atoms with van der Waals surface area (Å²) in [6.07, 6.45) is 7.73. The van der Waals surface area contributed by atoms with Crippen LogP contribution in [0.4, 0.5) is 0 Å². The van der Waals surface area contributed by atoms with Crippen molar-refractivity contribution in [2.45, 2.75) is 83.8 Å². The van der Waals surface area contributed by atoms with Gasteiger partial charge in [0.25, 0.3) is 0 Å². The van der Waals surface area contributed by atoms with Crippen molar-refractivity contribution in [2.24, 2.45) is 39.7 Å². The van der Waals surface area contributed by atoms with Gasteiger partial charge in [0.1, 0.15) is 5.78 Å². The van der Waals surface area contributed by atoms with E-state index in [4.69, 9.17) is 4.84 Å². The Labute approximate surface area is 168 Å². The fourth-order valence-corrected chi connectivity index (χ4v) is 7.81. The zero-order chi connectivity index (χ0) is 19.7. The minimum Gasteiger partial charge on any atom is -0.390 e. The van der Waals surface area contributed by atoms with Crippen molar-refractivity contribution in [1.82, 2.24) is 5.32 Å². The van der Waals surface area contributed by atoms with Gasteiger partial charge in [-0.3, -0.25) is 4.79 Å². The van der Waals surface area contributed by atoms with Crippen LogP contribution in [0.3, 0.4) is 0 Å². The minimum absolute atomic E-state index is 0.0840. The van der Waals surface area contributed by atoms with Gasteiger partial charge in [0.05, 0.1) is 11.3 Å². The molecule has 1 aliphatic heterocycles. The molecule has 0 bridgehead atoms. The molecule has 1 saturated heterocycles. The first-order chi connectivity index (χ1) is 13.3. The fraction of sp³-hybridized carbons (Fsp3) is 0.913. The maximum Gasteiger partial charge on any atom is 0.152 e. The lowest BCUT2D eigenvalue weighted by Gasteiger charge is -2.65. The van der Waals surface area contributed by atoms with E-state index in [1.807, 2.05) is 0 Å². The molecule has 7 atom stereocenters. The van der Waals surface area contributed by atoms with Crippen molar-refractivity contribution in [2.75, 3.05) is 13.1 Å². The Hall–Kier alpha value is -0.940. The highest BCUT2D eigenvalue weighted by molar-refractivity contribution is 5.87. The Balaban J connectivity index is 1.41. The van der Waals surface area contributed by atoms with E-state index >= 15 is 0 Å². The number of aliphatic hydroxyl groups is 1.